The van der Waals surface area contributed by atoms with Crippen LogP contribution in [0.15, 0.2) is 0 Å². The molecule has 3 fully saturated rings. The van der Waals surface area contributed by atoms with Crippen molar-refractivity contribution in [3.05, 3.63) is 0 Å². The van der Waals surface area contributed by atoms with Gasteiger partial charge in [-0.15, -0.1) is 0 Å². The van der Waals surface area contributed by atoms with Crippen LogP contribution >= 0.6 is 0 Å². The molecule has 0 radical (unpaired) electrons. The van der Waals surface area contributed by atoms with Crippen molar-refractivity contribution in [2.75, 3.05) is 20.1 Å². The molecule has 0 aromatic carbocycles. The molecule has 0 spiro atoms. The SMILES string of the molecule is CNC(C1CCCC(C)C1)C1(N2CCCC2)CCCC1. The summed E-state index contributed by atoms with van der Waals surface area (Å²) in [6, 6.07) is 0.742. The van der Waals surface area contributed by atoms with Gasteiger partial charge in [0.2, 0.25) is 0 Å². The summed E-state index contributed by atoms with van der Waals surface area (Å²) in [6.45, 7) is 5.19. The molecule has 0 amide bonds. The van der Waals surface area contributed by atoms with E-state index in [1.165, 1.54) is 77.3 Å². The Bertz CT molecular complexity index is 303. The second-order valence-corrected chi connectivity index (χ2v) is 7.80. The van der Waals surface area contributed by atoms with Gasteiger partial charge in [-0.05, 0) is 70.5 Å². The Hall–Kier alpha value is -0.0800. The first-order valence-corrected chi connectivity index (χ1v) is 9.18. The third-order valence-electron chi connectivity index (χ3n) is 6.54. The molecule has 3 atom stereocenters. The number of rotatable bonds is 4. The summed E-state index contributed by atoms with van der Waals surface area (Å²) in [7, 11) is 2.24. The Morgan fingerprint density at radius 2 is 1.70 bits per heavy atom. The molecule has 20 heavy (non-hydrogen) atoms. The van der Waals surface area contributed by atoms with Crippen LogP contribution in [0.2, 0.25) is 0 Å². The normalized spacial score (nSPS) is 36.3. The number of likely N-dealkylation sites (N-methyl/N-ethyl adjacent to an activating group) is 1. The van der Waals surface area contributed by atoms with Gasteiger partial charge >= 0.3 is 0 Å². The van der Waals surface area contributed by atoms with Crippen LogP contribution in [0.4, 0.5) is 0 Å². The minimum atomic E-state index is 0.507. The first kappa shape index (κ1) is 14.8. The molecular weight excluding hydrogens is 244 g/mol. The number of nitrogens with zero attached hydrogens (tertiary/aromatic N) is 1. The van der Waals surface area contributed by atoms with E-state index in [-0.39, 0.29) is 0 Å². The van der Waals surface area contributed by atoms with E-state index in [2.05, 4.69) is 24.2 Å². The van der Waals surface area contributed by atoms with Crippen LogP contribution in [-0.4, -0.2) is 36.6 Å². The highest BCUT2D eigenvalue weighted by Crippen LogP contribution is 2.45. The van der Waals surface area contributed by atoms with Crippen molar-refractivity contribution < 1.29 is 0 Å². The van der Waals surface area contributed by atoms with Gasteiger partial charge in [-0.25, -0.2) is 0 Å². The minimum Gasteiger partial charge on any atom is -0.315 e. The first-order chi connectivity index (χ1) is 9.76. The predicted molar refractivity (Wildman–Crippen MR) is 86.0 cm³/mol. The molecule has 116 valence electrons. The monoisotopic (exact) mass is 278 g/mol. The lowest BCUT2D eigenvalue weighted by Crippen LogP contribution is -2.61. The van der Waals surface area contributed by atoms with Gasteiger partial charge < -0.3 is 5.32 Å². The lowest BCUT2D eigenvalue weighted by molar-refractivity contribution is 0.0385. The van der Waals surface area contributed by atoms with Gasteiger partial charge in [-0.2, -0.15) is 0 Å². The van der Waals surface area contributed by atoms with Crippen molar-refractivity contribution in [1.82, 2.24) is 10.2 Å². The molecule has 0 bridgehead atoms. The molecular formula is C18H34N2. The zero-order valence-corrected chi connectivity index (χ0v) is 13.7. The van der Waals surface area contributed by atoms with Crippen LogP contribution in [0.1, 0.15) is 71.1 Å². The van der Waals surface area contributed by atoms with Crippen molar-refractivity contribution in [1.29, 1.82) is 0 Å². The molecule has 1 heterocycles. The molecule has 1 saturated heterocycles. The van der Waals surface area contributed by atoms with Crippen molar-refractivity contribution in [2.24, 2.45) is 11.8 Å². The van der Waals surface area contributed by atoms with E-state index in [1.807, 2.05) is 0 Å². The third-order valence-corrected chi connectivity index (χ3v) is 6.54. The van der Waals surface area contributed by atoms with Gasteiger partial charge in [0.25, 0.3) is 0 Å². The summed E-state index contributed by atoms with van der Waals surface area (Å²) in [5.74, 6) is 1.86. The summed E-state index contributed by atoms with van der Waals surface area (Å²) in [6.07, 6.45) is 14.5. The average Bonchev–Trinajstić information content (AvgIpc) is 3.11. The minimum absolute atomic E-state index is 0.507. The topological polar surface area (TPSA) is 15.3 Å². The van der Waals surface area contributed by atoms with Gasteiger partial charge in [0.05, 0.1) is 0 Å². The standard InChI is InChI=1S/C18H34N2/c1-15-8-7-9-16(14-15)17(19-2)18(10-3-4-11-18)20-12-5-6-13-20/h15-17,19H,3-14H2,1-2H3. The fraction of sp³-hybridized carbons (Fsp3) is 1.00. The largest absolute Gasteiger partial charge is 0.315 e. The summed E-state index contributed by atoms with van der Waals surface area (Å²) in [5.41, 5.74) is 0.507. The molecule has 2 aliphatic carbocycles. The molecule has 1 N–H and O–H groups in total. The Labute approximate surface area is 125 Å². The third kappa shape index (κ3) is 2.66. The van der Waals surface area contributed by atoms with E-state index < -0.39 is 0 Å². The Morgan fingerprint density at radius 1 is 1.00 bits per heavy atom. The number of hydrogen-bond acceptors (Lipinski definition) is 2. The van der Waals surface area contributed by atoms with E-state index in [0.29, 0.717) is 5.54 Å². The van der Waals surface area contributed by atoms with Crippen LogP contribution in [0, 0.1) is 11.8 Å². The van der Waals surface area contributed by atoms with Gasteiger partial charge in [0.1, 0.15) is 0 Å². The lowest BCUT2D eigenvalue weighted by atomic mass is 9.71. The maximum absolute atomic E-state index is 3.81. The lowest BCUT2D eigenvalue weighted by Gasteiger charge is -2.49. The number of nitrogens with one attached hydrogen (secondary N) is 1. The maximum Gasteiger partial charge on any atom is 0.0365 e. The smallest absolute Gasteiger partial charge is 0.0365 e. The number of likely N-dealkylation sites (tertiary alicyclic amines) is 1. The zero-order valence-electron chi connectivity index (χ0n) is 13.7. The van der Waals surface area contributed by atoms with Crippen molar-refractivity contribution in [2.45, 2.75) is 82.7 Å². The molecule has 3 unspecified atom stereocenters. The zero-order chi connectivity index (χ0) is 14.0. The van der Waals surface area contributed by atoms with Crippen LogP contribution in [-0.2, 0) is 0 Å². The fourth-order valence-electron chi connectivity index (χ4n) is 5.70. The van der Waals surface area contributed by atoms with Crippen LogP contribution in [0.25, 0.3) is 0 Å². The van der Waals surface area contributed by atoms with Crippen LogP contribution in [0.5, 0.6) is 0 Å². The van der Waals surface area contributed by atoms with Crippen molar-refractivity contribution in [3.63, 3.8) is 0 Å². The highest BCUT2D eigenvalue weighted by molar-refractivity contribution is 5.07. The Morgan fingerprint density at radius 3 is 2.30 bits per heavy atom. The average molecular weight is 278 g/mol. The van der Waals surface area contributed by atoms with Crippen LogP contribution in [0.3, 0.4) is 0 Å². The van der Waals surface area contributed by atoms with Gasteiger partial charge in [0, 0.05) is 11.6 Å². The molecule has 1 aliphatic heterocycles. The number of hydrogen-bond donors (Lipinski definition) is 1. The highest BCUT2D eigenvalue weighted by atomic mass is 15.2. The van der Waals surface area contributed by atoms with Gasteiger partial charge in [-0.3, -0.25) is 4.90 Å². The quantitative estimate of drug-likeness (QED) is 0.841. The second-order valence-electron chi connectivity index (χ2n) is 7.80. The molecule has 2 nitrogen and oxygen atoms in total. The van der Waals surface area contributed by atoms with E-state index in [0.717, 1.165) is 17.9 Å². The summed E-state index contributed by atoms with van der Waals surface area (Å²) in [5, 5.41) is 3.81. The predicted octanol–water partition coefficient (Wildman–Crippen LogP) is 3.81. The fourth-order valence-corrected chi connectivity index (χ4v) is 5.70. The maximum atomic E-state index is 3.81. The molecule has 3 aliphatic rings. The molecule has 0 aromatic heterocycles. The Kier molecular flexibility index (Phi) is 4.72. The highest BCUT2D eigenvalue weighted by Gasteiger charge is 2.48. The summed E-state index contributed by atoms with van der Waals surface area (Å²) < 4.78 is 0. The van der Waals surface area contributed by atoms with Crippen molar-refractivity contribution in [3.8, 4) is 0 Å². The summed E-state index contributed by atoms with van der Waals surface area (Å²) >= 11 is 0. The van der Waals surface area contributed by atoms with Gasteiger partial charge in [-0.1, -0.05) is 32.6 Å². The molecule has 0 aromatic rings. The second kappa shape index (κ2) is 6.36. The Balaban J connectivity index is 1.80. The van der Waals surface area contributed by atoms with Gasteiger partial charge in [0.15, 0.2) is 0 Å². The molecule has 2 saturated carbocycles. The molecule has 3 rings (SSSR count). The van der Waals surface area contributed by atoms with E-state index >= 15 is 0 Å². The van der Waals surface area contributed by atoms with Crippen molar-refractivity contribution >= 4 is 0 Å². The van der Waals surface area contributed by atoms with E-state index in [1.54, 1.807) is 0 Å². The first-order valence-electron chi connectivity index (χ1n) is 9.18. The van der Waals surface area contributed by atoms with E-state index in [9.17, 15) is 0 Å². The van der Waals surface area contributed by atoms with Crippen LogP contribution < -0.4 is 5.32 Å². The molecule has 2 heteroatoms. The summed E-state index contributed by atoms with van der Waals surface area (Å²) in [4.78, 5) is 2.89. The van der Waals surface area contributed by atoms with E-state index in [4.69, 9.17) is 0 Å².